The van der Waals surface area contributed by atoms with E-state index in [0.717, 1.165) is 224 Å². The molecule has 2 aliphatic heterocycles. The molecule has 716 valence electrons. The van der Waals surface area contributed by atoms with Crippen molar-refractivity contribution in [3.63, 3.8) is 0 Å². The molecule has 4 atom stereocenters. The summed E-state index contributed by atoms with van der Waals surface area (Å²) in [6, 6.07) is 156. The zero-order valence-corrected chi connectivity index (χ0v) is 83.3. The number of hydrogen-bond donors (Lipinski definition) is 2. The van der Waals surface area contributed by atoms with Crippen molar-refractivity contribution in [3.05, 3.63) is 481 Å². The molecule has 4 unspecified atom stereocenters. The van der Waals surface area contributed by atoms with Crippen LogP contribution in [0.1, 0.15) is 137 Å². The Morgan fingerprint density at radius 1 is 0.192 bits per heavy atom. The lowest BCUT2D eigenvalue weighted by Gasteiger charge is -2.48. The minimum atomic E-state index is -1.96. The van der Waals surface area contributed by atoms with Crippen LogP contribution in [0.3, 0.4) is 0 Å². The highest BCUT2D eigenvalue weighted by atomic mass is 16.8. The molecule has 0 bridgehead atoms. The van der Waals surface area contributed by atoms with Crippen LogP contribution in [-0.2, 0) is 50.8 Å². The Morgan fingerprint density at radius 2 is 0.342 bits per heavy atom. The lowest BCUT2D eigenvalue weighted by atomic mass is 9.68. The van der Waals surface area contributed by atoms with Gasteiger partial charge in [-0.2, -0.15) is 0 Å². The van der Waals surface area contributed by atoms with Gasteiger partial charge in [-0.1, -0.05) is 441 Å². The highest BCUT2D eigenvalue weighted by molar-refractivity contribution is 6.18. The number of benzene rings is 24. The molecule has 2 heterocycles. The molecule has 8 nitrogen and oxygen atoms in total. The van der Waals surface area contributed by atoms with Crippen LogP contribution < -0.4 is 0 Å². The Kier molecular flexibility index (Phi) is 23.6. The summed E-state index contributed by atoms with van der Waals surface area (Å²) < 4.78 is 47.7. The molecule has 146 heavy (non-hydrogen) atoms. The van der Waals surface area contributed by atoms with E-state index in [1.54, 1.807) is 0 Å². The maximum Gasteiger partial charge on any atom is 0.164 e. The first-order valence-electron chi connectivity index (χ1n) is 52.3. The summed E-state index contributed by atoms with van der Waals surface area (Å²) in [6.07, 6.45) is 4.19. The van der Waals surface area contributed by atoms with Crippen LogP contribution >= 0.6 is 0 Å². The van der Waals surface area contributed by atoms with E-state index in [4.69, 9.17) is 28.4 Å². The Balaban J connectivity index is 0.000000154. The van der Waals surface area contributed by atoms with E-state index in [-0.39, 0.29) is 0 Å². The van der Waals surface area contributed by atoms with Crippen molar-refractivity contribution in [2.45, 2.75) is 151 Å². The van der Waals surface area contributed by atoms with Crippen molar-refractivity contribution in [1.82, 2.24) is 0 Å². The summed E-state index contributed by atoms with van der Waals surface area (Å²) in [5.74, 6) is -2.42. The standard InChI is InChI=1S/C75H70O4.C63H46O4/c1-5-7-9-27-45-76-74(67-47-51-29-11-15-33-55(51)59-37-19-23-41-63(59)67,68-48-52-30-12-16-34-56(52)60-38-20-24-42-64(60)68)71-72(79-73(3,4)78-71)75(77-46-28-10-8-6-2,69-49-53-31-13-17-35-57(53)61-39-21-25-43-65(61)69)70-50-54-32-14-18-36-58(54)62-40-22-26-44-66(62)70;1-61(2)66-59(62(64,55-35-39-19-3-7-23-43(39)47-27-11-15-31-51(47)55)56-36-40-20-4-8-24-44(40)48-28-12-16-32-52(48)56)60(67-61)63(65,57-37-41-21-5-9-25-45(41)49-29-13-17-33-53(49)57)58-38-42-22-6-10-26-46(42)50-30-14-18-34-54(50)58/h11-26,29-44,47-50,71-72H,5-10,27-28,45-46H2,1-4H3;3-38,59-60,64-65H,1-2H3. The lowest BCUT2D eigenvalue weighted by Crippen LogP contribution is -2.57. The van der Waals surface area contributed by atoms with Gasteiger partial charge in [0.2, 0.25) is 0 Å². The second-order valence-electron chi connectivity index (χ2n) is 41.3. The van der Waals surface area contributed by atoms with E-state index in [0.29, 0.717) is 35.5 Å². The molecule has 0 spiro atoms. The van der Waals surface area contributed by atoms with Gasteiger partial charge in [0.05, 0.1) is 0 Å². The van der Waals surface area contributed by atoms with Crippen molar-refractivity contribution in [2.24, 2.45) is 0 Å². The number of aliphatic hydroxyl groups is 2. The minimum Gasteiger partial charge on any atom is -0.377 e. The first-order chi connectivity index (χ1) is 71.6. The summed E-state index contributed by atoms with van der Waals surface area (Å²) in [6.45, 7) is 13.5. The highest BCUT2D eigenvalue weighted by Crippen LogP contribution is 2.62. The molecule has 2 saturated heterocycles. The molecule has 0 radical (unpaired) electrons. The minimum absolute atomic E-state index is 0.484. The zero-order chi connectivity index (χ0) is 98.6. The Morgan fingerprint density at radius 3 is 0.527 bits per heavy atom. The normalized spacial score (nSPS) is 16.3. The largest absolute Gasteiger partial charge is 0.377 e. The monoisotopic (exact) mass is 1900 g/mol. The first kappa shape index (κ1) is 92.3. The highest BCUT2D eigenvalue weighted by Gasteiger charge is 2.66. The second kappa shape index (κ2) is 37.3. The van der Waals surface area contributed by atoms with Gasteiger partial charge in [0, 0.05) is 13.2 Å². The molecule has 26 rings (SSSR count). The number of unbranched alkanes of at least 4 members (excludes halogenated alkanes) is 6. The molecule has 24 aromatic carbocycles. The van der Waals surface area contributed by atoms with E-state index >= 15 is 10.2 Å². The quantitative estimate of drug-likeness (QED) is 0.0456. The predicted molar refractivity (Wildman–Crippen MR) is 607 cm³/mol. The summed E-state index contributed by atoms with van der Waals surface area (Å²) in [4.78, 5) is 0. The van der Waals surface area contributed by atoms with Gasteiger partial charge in [-0.05, 0) is 306 Å². The van der Waals surface area contributed by atoms with E-state index in [2.05, 4.69) is 416 Å². The molecule has 0 amide bonds. The average Bonchev–Trinajstić information content (AvgIpc) is 1.29. The molecular formula is C138H116O8. The van der Waals surface area contributed by atoms with Gasteiger partial charge in [-0.3, -0.25) is 0 Å². The fourth-order valence-corrected chi connectivity index (χ4v) is 25.5. The van der Waals surface area contributed by atoms with Crippen molar-refractivity contribution in [1.29, 1.82) is 0 Å². The number of hydrogen-bond acceptors (Lipinski definition) is 8. The van der Waals surface area contributed by atoms with Crippen LogP contribution in [0.5, 0.6) is 0 Å². The maximum absolute atomic E-state index is 15.1. The van der Waals surface area contributed by atoms with Crippen LogP contribution in [0.4, 0.5) is 0 Å². The number of rotatable bonds is 24. The maximum atomic E-state index is 15.1. The molecule has 2 fully saturated rings. The Labute approximate surface area is 850 Å². The molecule has 0 aromatic heterocycles. The number of ether oxygens (including phenoxy) is 6. The molecule has 0 aliphatic carbocycles. The number of fused-ring (bicyclic) bond motifs is 24. The fraction of sp³-hybridized carbons (Fsp3) is 0.188. The van der Waals surface area contributed by atoms with Gasteiger partial charge in [-0.25, -0.2) is 0 Å². The van der Waals surface area contributed by atoms with Gasteiger partial charge in [0.15, 0.2) is 11.6 Å². The summed E-state index contributed by atoms with van der Waals surface area (Å²) in [5.41, 5.74) is 0.200. The van der Waals surface area contributed by atoms with Crippen LogP contribution in [0, 0.1) is 0 Å². The van der Waals surface area contributed by atoms with E-state index in [1.807, 2.05) is 62.4 Å². The molecule has 8 heteroatoms. The van der Waals surface area contributed by atoms with Gasteiger partial charge >= 0.3 is 0 Å². The predicted octanol–water partition coefficient (Wildman–Crippen LogP) is 34.4. The zero-order valence-electron chi connectivity index (χ0n) is 83.3. The summed E-state index contributed by atoms with van der Waals surface area (Å²) in [7, 11) is 0. The Hall–Kier alpha value is -14.9. The first-order valence-corrected chi connectivity index (χ1v) is 52.3. The molecule has 2 N–H and O–H groups in total. The smallest absolute Gasteiger partial charge is 0.164 e. The van der Waals surface area contributed by atoms with Crippen LogP contribution in [-0.4, -0.2) is 59.4 Å². The Bertz CT molecular complexity index is 8250. The van der Waals surface area contributed by atoms with Gasteiger partial charge in [-0.15, -0.1) is 0 Å². The third-order valence-corrected chi connectivity index (χ3v) is 31.9. The van der Waals surface area contributed by atoms with E-state index in [9.17, 15) is 0 Å². The summed E-state index contributed by atoms with van der Waals surface area (Å²) in [5, 5.41) is 64.3. The second-order valence-corrected chi connectivity index (χ2v) is 41.3. The van der Waals surface area contributed by atoms with Crippen molar-refractivity contribution < 1.29 is 38.6 Å². The molecule has 2 aliphatic rings. The molecule has 24 aromatic rings. The van der Waals surface area contributed by atoms with Gasteiger partial charge in [0.25, 0.3) is 0 Å². The summed E-state index contributed by atoms with van der Waals surface area (Å²) >= 11 is 0. The van der Waals surface area contributed by atoms with Gasteiger partial charge in [0.1, 0.15) is 46.8 Å². The average molecular weight is 1900 g/mol. The van der Waals surface area contributed by atoms with Crippen molar-refractivity contribution in [2.75, 3.05) is 13.2 Å². The van der Waals surface area contributed by atoms with Crippen LogP contribution in [0.2, 0.25) is 0 Å². The van der Waals surface area contributed by atoms with Crippen molar-refractivity contribution in [3.8, 4) is 0 Å². The third-order valence-electron chi connectivity index (χ3n) is 31.9. The van der Waals surface area contributed by atoms with E-state index < -0.39 is 58.4 Å². The molecular weight excluding hydrogens is 1790 g/mol. The van der Waals surface area contributed by atoms with Gasteiger partial charge < -0.3 is 38.6 Å². The lowest BCUT2D eigenvalue weighted by molar-refractivity contribution is -0.180. The topological polar surface area (TPSA) is 95.8 Å². The van der Waals surface area contributed by atoms with Crippen LogP contribution in [0.15, 0.2) is 437 Å². The van der Waals surface area contributed by atoms with E-state index in [1.165, 1.54) is 21.5 Å². The third kappa shape index (κ3) is 15.2. The van der Waals surface area contributed by atoms with Crippen LogP contribution in [0.25, 0.3) is 172 Å². The van der Waals surface area contributed by atoms with Crippen molar-refractivity contribution >= 4 is 172 Å². The fourth-order valence-electron chi connectivity index (χ4n) is 25.5. The SMILES string of the molecule is CC1(C)OC(C(O)(c2cc3ccccc3c3ccccc23)c2cc3ccccc3c3ccccc23)C(C(O)(c2cc3ccccc3c3ccccc23)c2cc3ccccc3c3ccccc23)O1.CCCCCCOC(c1cc2ccccc2c2ccccc12)(c1cc2ccccc2c2ccccc12)C1OC(C)(C)OC1C(OCCCCCC)(c1cc2ccccc2c2ccccc12)c1cc2ccccc2c2ccccc12. The molecule has 0 saturated carbocycles.